The van der Waals surface area contributed by atoms with Gasteiger partial charge in [-0.3, -0.25) is 4.79 Å². The second-order valence-corrected chi connectivity index (χ2v) is 7.18. The molecule has 2 aromatic rings. The molecule has 0 bridgehead atoms. The second kappa shape index (κ2) is 8.24. The molecule has 4 rings (SSSR count). The summed E-state index contributed by atoms with van der Waals surface area (Å²) in [5, 5.41) is 8.52. The van der Waals surface area contributed by atoms with Crippen LogP contribution in [0.4, 0.5) is 5.82 Å². The van der Waals surface area contributed by atoms with E-state index >= 15 is 0 Å². The summed E-state index contributed by atoms with van der Waals surface area (Å²) in [6, 6.07) is 13.6. The maximum atomic E-state index is 12.8. The number of nitrogens with zero attached hydrogens (tertiary/aromatic N) is 4. The zero-order valence-corrected chi connectivity index (χ0v) is 16.2. The van der Waals surface area contributed by atoms with Crippen LogP contribution in [0.25, 0.3) is 0 Å². The first kappa shape index (κ1) is 18.8. The average Bonchev–Trinajstić information content (AvgIpc) is 3.21. The molecule has 0 aliphatic carbocycles. The molecule has 148 valence electrons. The van der Waals surface area contributed by atoms with Crippen LogP contribution in [0.3, 0.4) is 0 Å². The van der Waals surface area contributed by atoms with Crippen molar-refractivity contribution in [2.75, 3.05) is 37.7 Å². The first-order valence-electron chi connectivity index (χ1n) is 9.89. The van der Waals surface area contributed by atoms with Gasteiger partial charge in [-0.15, -0.1) is 10.2 Å². The third kappa shape index (κ3) is 4.00. The number of amides is 1. The van der Waals surface area contributed by atoms with Gasteiger partial charge in [-0.1, -0.05) is 30.3 Å². The Morgan fingerprint density at radius 3 is 2.39 bits per heavy atom. The van der Waals surface area contributed by atoms with E-state index in [4.69, 9.17) is 9.47 Å². The lowest BCUT2D eigenvalue weighted by atomic mass is 10.0. The molecule has 1 aromatic heterocycles. The Balaban J connectivity index is 1.39. The molecule has 1 spiro atoms. The van der Waals surface area contributed by atoms with E-state index in [1.165, 1.54) is 0 Å². The number of carbonyl (C=O) groups excluding carboxylic acids is 1. The average molecular weight is 382 g/mol. The van der Waals surface area contributed by atoms with Gasteiger partial charge >= 0.3 is 0 Å². The van der Waals surface area contributed by atoms with Crippen LogP contribution in [-0.4, -0.2) is 59.6 Å². The Morgan fingerprint density at radius 2 is 1.79 bits per heavy atom. The molecule has 28 heavy (non-hydrogen) atoms. The molecule has 0 radical (unpaired) electrons. The highest BCUT2D eigenvalue weighted by Gasteiger charge is 2.40. The van der Waals surface area contributed by atoms with E-state index in [-0.39, 0.29) is 5.91 Å². The van der Waals surface area contributed by atoms with Gasteiger partial charge < -0.3 is 19.3 Å². The number of piperidine rings is 1. The summed E-state index contributed by atoms with van der Waals surface area (Å²) in [6.45, 7) is 6.10. The molecule has 2 aliphatic rings. The van der Waals surface area contributed by atoms with E-state index in [1.807, 2.05) is 43.3 Å². The molecule has 1 aromatic carbocycles. The van der Waals surface area contributed by atoms with Crippen molar-refractivity contribution in [1.82, 2.24) is 15.1 Å². The molecule has 2 fully saturated rings. The minimum atomic E-state index is -0.404. The number of hydrogen-bond acceptors (Lipinski definition) is 6. The molecule has 0 saturated carbocycles. The van der Waals surface area contributed by atoms with Crippen LogP contribution in [0.15, 0.2) is 42.5 Å². The molecule has 0 atom stereocenters. The van der Waals surface area contributed by atoms with Crippen LogP contribution >= 0.6 is 0 Å². The highest BCUT2D eigenvalue weighted by Crippen LogP contribution is 2.32. The van der Waals surface area contributed by atoms with E-state index in [2.05, 4.69) is 15.1 Å². The summed E-state index contributed by atoms with van der Waals surface area (Å²) in [5.74, 6) is 0.282. The molecule has 7 heteroatoms. The lowest BCUT2D eigenvalue weighted by Gasteiger charge is -2.37. The van der Waals surface area contributed by atoms with Gasteiger partial charge in [0, 0.05) is 39.0 Å². The van der Waals surface area contributed by atoms with E-state index in [1.54, 1.807) is 11.0 Å². The molecule has 1 amide bonds. The van der Waals surface area contributed by atoms with Gasteiger partial charge in [0.1, 0.15) is 0 Å². The quantitative estimate of drug-likeness (QED) is 0.791. The van der Waals surface area contributed by atoms with Crippen LogP contribution < -0.4 is 4.90 Å². The summed E-state index contributed by atoms with van der Waals surface area (Å²) < 4.78 is 11.5. The minimum absolute atomic E-state index is 0.101. The third-order valence-corrected chi connectivity index (χ3v) is 5.42. The van der Waals surface area contributed by atoms with Gasteiger partial charge in [0.25, 0.3) is 5.91 Å². The fraction of sp³-hybridized carbons (Fsp3) is 0.476. The molecular weight excluding hydrogens is 356 g/mol. The predicted molar refractivity (Wildman–Crippen MR) is 105 cm³/mol. The standard InChI is InChI=1S/C21H26N4O3/c1-2-24(16-17-6-4-3-5-7-17)20(26)18-8-9-19(23-22-18)25-12-10-21(11-13-25)27-14-15-28-21/h3-9H,2,10-16H2,1H3. The van der Waals surface area contributed by atoms with Crippen LogP contribution in [-0.2, 0) is 16.0 Å². The minimum Gasteiger partial charge on any atom is -0.355 e. The zero-order valence-electron chi connectivity index (χ0n) is 16.2. The number of carbonyl (C=O) groups is 1. The van der Waals surface area contributed by atoms with Crippen LogP contribution in [0.5, 0.6) is 0 Å². The molecule has 2 aliphatic heterocycles. The number of benzene rings is 1. The van der Waals surface area contributed by atoms with Gasteiger partial charge in [0.15, 0.2) is 17.3 Å². The van der Waals surface area contributed by atoms with Crippen LogP contribution in [0, 0.1) is 0 Å². The number of hydrogen-bond donors (Lipinski definition) is 0. The van der Waals surface area contributed by atoms with Crippen molar-refractivity contribution >= 4 is 11.7 Å². The van der Waals surface area contributed by atoms with E-state index < -0.39 is 5.79 Å². The molecule has 2 saturated heterocycles. The normalized spacial score (nSPS) is 18.4. The van der Waals surface area contributed by atoms with Crippen molar-refractivity contribution < 1.29 is 14.3 Å². The maximum absolute atomic E-state index is 12.8. The van der Waals surface area contributed by atoms with Gasteiger partial charge in [-0.2, -0.15) is 0 Å². The van der Waals surface area contributed by atoms with Gasteiger partial charge in [0.05, 0.1) is 13.2 Å². The monoisotopic (exact) mass is 382 g/mol. The lowest BCUT2D eigenvalue weighted by molar-refractivity contribution is -0.169. The number of rotatable bonds is 5. The van der Waals surface area contributed by atoms with Gasteiger partial charge in [0.2, 0.25) is 0 Å². The highest BCUT2D eigenvalue weighted by molar-refractivity contribution is 5.92. The number of anilines is 1. The van der Waals surface area contributed by atoms with Gasteiger partial charge in [-0.25, -0.2) is 0 Å². The Kier molecular flexibility index (Phi) is 5.54. The fourth-order valence-corrected chi connectivity index (χ4v) is 3.76. The molecule has 0 unspecified atom stereocenters. The summed E-state index contributed by atoms with van der Waals surface area (Å²) in [5.41, 5.74) is 1.47. The van der Waals surface area contributed by atoms with Crippen molar-refractivity contribution in [3.8, 4) is 0 Å². The largest absolute Gasteiger partial charge is 0.355 e. The smallest absolute Gasteiger partial charge is 0.274 e. The Hall–Kier alpha value is -2.51. The number of aromatic nitrogens is 2. The Morgan fingerprint density at radius 1 is 1.07 bits per heavy atom. The summed E-state index contributed by atoms with van der Waals surface area (Å²) >= 11 is 0. The van der Waals surface area contributed by atoms with E-state index in [0.717, 1.165) is 37.3 Å². The van der Waals surface area contributed by atoms with Crippen molar-refractivity contribution in [2.24, 2.45) is 0 Å². The van der Waals surface area contributed by atoms with Crippen molar-refractivity contribution in [1.29, 1.82) is 0 Å². The lowest BCUT2D eigenvalue weighted by Crippen LogP contribution is -2.45. The second-order valence-electron chi connectivity index (χ2n) is 7.18. The Labute approximate surface area is 165 Å². The summed E-state index contributed by atoms with van der Waals surface area (Å²) in [7, 11) is 0. The predicted octanol–water partition coefficient (Wildman–Crippen LogP) is 2.48. The topological polar surface area (TPSA) is 67.8 Å². The van der Waals surface area contributed by atoms with E-state index in [0.29, 0.717) is 32.0 Å². The fourth-order valence-electron chi connectivity index (χ4n) is 3.76. The van der Waals surface area contributed by atoms with E-state index in [9.17, 15) is 4.79 Å². The van der Waals surface area contributed by atoms with Crippen LogP contribution in [0.1, 0.15) is 35.8 Å². The van der Waals surface area contributed by atoms with Crippen molar-refractivity contribution in [3.05, 3.63) is 53.7 Å². The molecular formula is C21H26N4O3. The number of ether oxygens (including phenoxy) is 2. The van der Waals surface area contributed by atoms with Crippen molar-refractivity contribution in [3.63, 3.8) is 0 Å². The molecule has 0 N–H and O–H groups in total. The first-order chi connectivity index (χ1) is 13.7. The van der Waals surface area contributed by atoms with Gasteiger partial charge in [-0.05, 0) is 24.6 Å². The van der Waals surface area contributed by atoms with Crippen molar-refractivity contribution in [2.45, 2.75) is 32.1 Å². The highest BCUT2D eigenvalue weighted by atomic mass is 16.7. The zero-order chi connectivity index (χ0) is 19.4. The first-order valence-corrected chi connectivity index (χ1v) is 9.89. The summed E-state index contributed by atoms with van der Waals surface area (Å²) in [6.07, 6.45) is 1.63. The molecule has 3 heterocycles. The SMILES string of the molecule is CCN(Cc1ccccc1)C(=O)c1ccc(N2CCC3(CC2)OCCO3)nn1. The van der Waals surface area contributed by atoms with Crippen LogP contribution in [0.2, 0.25) is 0 Å². The Bertz CT molecular complexity index is 781. The maximum Gasteiger partial charge on any atom is 0.274 e. The third-order valence-electron chi connectivity index (χ3n) is 5.42. The summed E-state index contributed by atoms with van der Waals surface area (Å²) in [4.78, 5) is 16.8. The molecule has 7 nitrogen and oxygen atoms in total.